The van der Waals surface area contributed by atoms with Gasteiger partial charge in [0.1, 0.15) is 0 Å². The topological polar surface area (TPSA) is 3.24 Å². The Morgan fingerprint density at radius 3 is 1.95 bits per heavy atom. The summed E-state index contributed by atoms with van der Waals surface area (Å²) in [5.41, 5.74) is 12.8. The van der Waals surface area contributed by atoms with Crippen LogP contribution in [0.2, 0.25) is 0 Å². The number of rotatable bonds is 7. The number of hydrogen-bond acceptors (Lipinski definition) is 1. The van der Waals surface area contributed by atoms with Gasteiger partial charge >= 0.3 is 0 Å². The van der Waals surface area contributed by atoms with E-state index in [0.717, 1.165) is 18.5 Å². The zero-order valence-electron chi connectivity index (χ0n) is 35.0. The van der Waals surface area contributed by atoms with Gasteiger partial charge in [-0.1, -0.05) is 209 Å². The van der Waals surface area contributed by atoms with E-state index in [0.29, 0.717) is 11.8 Å². The van der Waals surface area contributed by atoms with Gasteiger partial charge in [-0.15, -0.1) is 6.58 Å². The lowest BCUT2D eigenvalue weighted by molar-refractivity contribution is 0.381. The number of anilines is 2. The molecule has 0 aromatic heterocycles. The molecule has 2 unspecified atom stereocenters. The quantitative estimate of drug-likeness (QED) is 0.135. The number of unbranched alkanes of at least 4 members (excludes halogenated alkanes) is 1. The second kappa shape index (κ2) is 22.0. The maximum atomic E-state index is 3.98. The van der Waals surface area contributed by atoms with E-state index in [4.69, 9.17) is 0 Å². The number of hydrogen-bond donors (Lipinski definition) is 0. The fourth-order valence-electron chi connectivity index (χ4n) is 7.02. The van der Waals surface area contributed by atoms with E-state index in [9.17, 15) is 0 Å². The molecule has 0 N–H and O–H groups in total. The van der Waals surface area contributed by atoms with Crippen molar-refractivity contribution >= 4 is 29.1 Å². The molecular formula is C55H63N. The molecule has 0 bridgehead atoms. The summed E-state index contributed by atoms with van der Waals surface area (Å²) in [6.07, 6.45) is 32.0. The Morgan fingerprint density at radius 2 is 1.39 bits per heavy atom. The van der Waals surface area contributed by atoms with Gasteiger partial charge in [0.25, 0.3) is 0 Å². The Kier molecular flexibility index (Phi) is 16.9. The highest BCUT2D eigenvalue weighted by Gasteiger charge is 2.33. The average Bonchev–Trinajstić information content (AvgIpc) is 3.36. The van der Waals surface area contributed by atoms with Crippen molar-refractivity contribution < 1.29 is 0 Å². The molecule has 1 nitrogen and oxygen atoms in total. The number of nitrogens with zero attached hydrogens (tertiary/aromatic N) is 1. The van der Waals surface area contributed by atoms with Crippen LogP contribution < -0.4 is 4.90 Å². The van der Waals surface area contributed by atoms with Gasteiger partial charge in [0.2, 0.25) is 0 Å². The van der Waals surface area contributed by atoms with Gasteiger partial charge < -0.3 is 4.90 Å². The second-order valence-corrected chi connectivity index (χ2v) is 15.2. The fraction of sp³-hybridized carbons (Fsp3) is 0.236. The molecule has 56 heavy (non-hydrogen) atoms. The van der Waals surface area contributed by atoms with Gasteiger partial charge in [-0.25, -0.2) is 0 Å². The van der Waals surface area contributed by atoms with Crippen molar-refractivity contribution in [1.82, 2.24) is 0 Å². The number of allylic oxidation sites excluding steroid dienone is 13. The maximum absolute atomic E-state index is 3.98. The Balaban J connectivity index is 0.000000298. The molecule has 1 heteroatoms. The standard InChI is InChI=1S/C36H37N.2C7H8.C5H10/c1-6-12-31(13-7-2)37-34-17-11-9-15-27(34)18-19-30-24-28(20-21-35(30)37)29-22-23-36(4,5)33(25-29)32-16-10-8-14-26(32)3;2*1-7-5-3-2-4-6-7;1-3-5-4-2/h6-22,24-26,32H,1,23H2,2-5H3;2*2-6H,1H3;3H,1,4-5H2,2H3/b13-7-,31-12+;;;. The molecule has 0 saturated carbocycles. The zero-order valence-corrected chi connectivity index (χ0v) is 35.0. The summed E-state index contributed by atoms with van der Waals surface area (Å²) in [4.78, 5) is 2.34. The third-order valence-electron chi connectivity index (χ3n) is 10.2. The Hall–Kier alpha value is -5.66. The van der Waals surface area contributed by atoms with E-state index in [-0.39, 0.29) is 5.41 Å². The zero-order chi connectivity index (χ0) is 40.3. The lowest BCUT2D eigenvalue weighted by Gasteiger charge is -2.37. The second-order valence-electron chi connectivity index (χ2n) is 15.2. The van der Waals surface area contributed by atoms with Gasteiger partial charge in [0.15, 0.2) is 0 Å². The first-order valence-electron chi connectivity index (χ1n) is 20.2. The highest BCUT2D eigenvalue weighted by Crippen LogP contribution is 2.46. The van der Waals surface area contributed by atoms with E-state index in [1.54, 1.807) is 0 Å². The molecule has 1 aliphatic heterocycles. The van der Waals surface area contributed by atoms with Crippen LogP contribution in [0.1, 0.15) is 81.7 Å². The first-order valence-corrected chi connectivity index (χ1v) is 20.2. The van der Waals surface area contributed by atoms with Crippen molar-refractivity contribution in [2.45, 2.75) is 67.7 Å². The molecule has 4 aromatic rings. The van der Waals surface area contributed by atoms with Crippen molar-refractivity contribution in [3.8, 4) is 0 Å². The van der Waals surface area contributed by atoms with Crippen LogP contribution >= 0.6 is 0 Å². The van der Waals surface area contributed by atoms with E-state index in [1.807, 2.05) is 48.6 Å². The van der Waals surface area contributed by atoms with Crippen molar-refractivity contribution in [1.29, 1.82) is 0 Å². The van der Waals surface area contributed by atoms with Crippen LogP contribution in [-0.2, 0) is 0 Å². The number of fused-ring (bicyclic) bond motifs is 2. The predicted octanol–water partition coefficient (Wildman–Crippen LogP) is 16.0. The lowest BCUT2D eigenvalue weighted by Crippen LogP contribution is -2.26. The fourth-order valence-corrected chi connectivity index (χ4v) is 7.02. The molecule has 4 aromatic carbocycles. The van der Waals surface area contributed by atoms with Gasteiger partial charge in [-0.2, -0.15) is 0 Å². The van der Waals surface area contributed by atoms with Crippen LogP contribution in [0.5, 0.6) is 0 Å². The van der Waals surface area contributed by atoms with Gasteiger partial charge in [-0.05, 0) is 97.6 Å². The van der Waals surface area contributed by atoms with E-state index in [2.05, 4.69) is 200 Å². The van der Waals surface area contributed by atoms with Crippen LogP contribution in [-0.4, -0.2) is 0 Å². The Morgan fingerprint density at radius 1 is 0.786 bits per heavy atom. The molecule has 1 heterocycles. The molecule has 3 aliphatic rings. The number of aryl methyl sites for hydroxylation is 2. The summed E-state index contributed by atoms with van der Waals surface area (Å²) in [5, 5.41) is 0. The third kappa shape index (κ3) is 12.2. The van der Waals surface area contributed by atoms with Gasteiger partial charge in [0.05, 0.1) is 11.4 Å². The van der Waals surface area contributed by atoms with E-state index >= 15 is 0 Å². The summed E-state index contributed by atoms with van der Waals surface area (Å²) in [7, 11) is 0. The SMILES string of the molecule is C=C/C=C(\C=C/C)N1c2ccccc2C=Cc2cc(C3=CCC(C)(C)C(C4C=CC=CC4C)=C3)ccc21.C=CCCC.Cc1ccccc1.Cc1ccccc1. The molecular weight excluding hydrogens is 675 g/mol. The van der Waals surface area contributed by atoms with Crippen LogP contribution in [0.4, 0.5) is 11.4 Å². The summed E-state index contributed by atoms with van der Waals surface area (Å²) in [6.45, 7) is 23.0. The van der Waals surface area contributed by atoms with E-state index < -0.39 is 0 Å². The number of benzene rings is 4. The predicted molar refractivity (Wildman–Crippen MR) is 250 cm³/mol. The third-order valence-corrected chi connectivity index (χ3v) is 10.2. The first-order chi connectivity index (χ1) is 27.1. The monoisotopic (exact) mass is 737 g/mol. The molecule has 7 rings (SSSR count). The Bertz CT molecular complexity index is 2040. The largest absolute Gasteiger partial charge is 0.309 e. The van der Waals surface area contributed by atoms with Crippen molar-refractivity contribution in [2.75, 3.05) is 4.90 Å². The highest BCUT2D eigenvalue weighted by molar-refractivity contribution is 5.92. The molecule has 2 atom stereocenters. The minimum Gasteiger partial charge on any atom is -0.309 e. The van der Waals surface area contributed by atoms with Crippen LogP contribution in [0.25, 0.3) is 17.7 Å². The van der Waals surface area contributed by atoms with Gasteiger partial charge in [0, 0.05) is 11.6 Å². The molecule has 0 fully saturated rings. The van der Waals surface area contributed by atoms with Gasteiger partial charge in [-0.3, -0.25) is 0 Å². The molecule has 0 spiro atoms. The Labute approximate surface area is 339 Å². The number of para-hydroxylation sites is 1. The molecule has 288 valence electrons. The van der Waals surface area contributed by atoms with Crippen molar-refractivity contribution in [3.05, 3.63) is 222 Å². The summed E-state index contributed by atoms with van der Waals surface area (Å²) in [5.74, 6) is 0.959. The van der Waals surface area contributed by atoms with Crippen LogP contribution in [0, 0.1) is 31.1 Å². The average molecular weight is 738 g/mol. The summed E-state index contributed by atoms with van der Waals surface area (Å²) >= 11 is 0. The minimum absolute atomic E-state index is 0.152. The van der Waals surface area contributed by atoms with Crippen molar-refractivity contribution in [2.24, 2.45) is 17.3 Å². The first kappa shape index (κ1) is 43.1. The maximum Gasteiger partial charge on any atom is 0.0534 e. The van der Waals surface area contributed by atoms with E-state index in [1.165, 1.54) is 56.8 Å². The molecule has 0 amide bonds. The highest BCUT2D eigenvalue weighted by atomic mass is 15.2. The smallest absolute Gasteiger partial charge is 0.0534 e. The summed E-state index contributed by atoms with van der Waals surface area (Å²) in [6, 6.07) is 36.0. The summed E-state index contributed by atoms with van der Waals surface area (Å²) < 4.78 is 0. The minimum atomic E-state index is 0.152. The lowest BCUT2D eigenvalue weighted by atomic mass is 9.67. The van der Waals surface area contributed by atoms with Crippen molar-refractivity contribution in [3.63, 3.8) is 0 Å². The molecule has 0 saturated heterocycles. The van der Waals surface area contributed by atoms with Crippen LogP contribution in [0.15, 0.2) is 194 Å². The van der Waals surface area contributed by atoms with Crippen LogP contribution in [0.3, 0.4) is 0 Å². The molecule has 0 radical (unpaired) electrons. The normalized spacial score (nSPS) is 17.6. The molecule has 2 aliphatic carbocycles.